The Labute approximate surface area is 63.6 Å². The quantitative estimate of drug-likeness (QED) is 0.605. The minimum Gasteiger partial charge on any atom is -0.395 e. The van der Waals surface area contributed by atoms with Crippen molar-refractivity contribution in [2.75, 3.05) is 13.2 Å². The summed E-state index contributed by atoms with van der Waals surface area (Å²) < 4.78 is 0. The van der Waals surface area contributed by atoms with Crippen molar-refractivity contribution in [1.29, 1.82) is 0 Å². The van der Waals surface area contributed by atoms with Crippen LogP contribution in [-0.4, -0.2) is 24.3 Å². The molecule has 0 saturated heterocycles. The van der Waals surface area contributed by atoms with Gasteiger partial charge in [0.15, 0.2) is 0 Å². The summed E-state index contributed by atoms with van der Waals surface area (Å²) in [5.41, 5.74) is 0. The second kappa shape index (κ2) is 5.69. The van der Waals surface area contributed by atoms with E-state index in [-0.39, 0.29) is 6.61 Å². The molecule has 0 spiro atoms. The first-order chi connectivity index (χ1) is 4.72. The van der Waals surface area contributed by atoms with Crippen molar-refractivity contribution < 1.29 is 5.11 Å². The van der Waals surface area contributed by atoms with Gasteiger partial charge in [0.25, 0.3) is 0 Å². The van der Waals surface area contributed by atoms with E-state index in [0.717, 1.165) is 0 Å². The normalized spacial score (nSPS) is 16.8. The van der Waals surface area contributed by atoms with Crippen LogP contribution in [0, 0.1) is 5.92 Å². The highest BCUT2D eigenvalue weighted by molar-refractivity contribution is 4.65. The van der Waals surface area contributed by atoms with Crippen LogP contribution in [0.4, 0.5) is 0 Å². The van der Waals surface area contributed by atoms with Crippen molar-refractivity contribution in [2.45, 2.75) is 33.2 Å². The van der Waals surface area contributed by atoms with Gasteiger partial charge in [0.2, 0.25) is 0 Å². The van der Waals surface area contributed by atoms with Gasteiger partial charge in [-0.3, -0.25) is 0 Å². The number of nitrogens with one attached hydrogen (secondary N) is 1. The second-order valence-electron chi connectivity index (χ2n) is 2.85. The molecule has 0 bridgehead atoms. The van der Waals surface area contributed by atoms with Gasteiger partial charge in [0, 0.05) is 12.6 Å². The molecule has 2 N–H and O–H groups in total. The Morgan fingerprint density at radius 1 is 1.40 bits per heavy atom. The standard InChI is InChI=1S/C8H19NO/c1-4-7(2)8(3)9-5-6-10/h7-10H,4-6H2,1-3H3/t7-,8-/m1/s1. The van der Waals surface area contributed by atoms with E-state index in [0.29, 0.717) is 18.5 Å². The fraction of sp³-hybridized carbons (Fsp3) is 1.00. The molecule has 0 aromatic heterocycles. The van der Waals surface area contributed by atoms with Gasteiger partial charge < -0.3 is 10.4 Å². The Morgan fingerprint density at radius 3 is 2.40 bits per heavy atom. The summed E-state index contributed by atoms with van der Waals surface area (Å²) in [6.45, 7) is 7.51. The SMILES string of the molecule is CC[C@@H](C)[C@@H](C)NCCO. The van der Waals surface area contributed by atoms with Crippen LogP contribution >= 0.6 is 0 Å². The second-order valence-corrected chi connectivity index (χ2v) is 2.85. The van der Waals surface area contributed by atoms with E-state index in [1.54, 1.807) is 0 Å². The van der Waals surface area contributed by atoms with Crippen LogP contribution < -0.4 is 5.32 Å². The van der Waals surface area contributed by atoms with Crippen molar-refractivity contribution in [3.8, 4) is 0 Å². The summed E-state index contributed by atoms with van der Waals surface area (Å²) in [7, 11) is 0. The molecule has 0 aliphatic rings. The summed E-state index contributed by atoms with van der Waals surface area (Å²) in [5.74, 6) is 0.701. The monoisotopic (exact) mass is 145 g/mol. The first-order valence-corrected chi connectivity index (χ1v) is 4.06. The van der Waals surface area contributed by atoms with Crippen molar-refractivity contribution >= 4 is 0 Å². The predicted molar refractivity (Wildman–Crippen MR) is 44.0 cm³/mol. The molecule has 0 aliphatic carbocycles. The van der Waals surface area contributed by atoms with Crippen molar-refractivity contribution in [2.24, 2.45) is 5.92 Å². The van der Waals surface area contributed by atoms with Gasteiger partial charge in [-0.25, -0.2) is 0 Å². The average molecular weight is 145 g/mol. The highest BCUT2D eigenvalue weighted by atomic mass is 16.3. The lowest BCUT2D eigenvalue weighted by molar-refractivity contribution is 0.273. The van der Waals surface area contributed by atoms with Crippen molar-refractivity contribution in [3.05, 3.63) is 0 Å². The number of rotatable bonds is 5. The van der Waals surface area contributed by atoms with E-state index in [9.17, 15) is 0 Å². The van der Waals surface area contributed by atoms with E-state index >= 15 is 0 Å². The van der Waals surface area contributed by atoms with Gasteiger partial charge in [-0.1, -0.05) is 20.3 Å². The van der Waals surface area contributed by atoms with Gasteiger partial charge in [0.1, 0.15) is 0 Å². The highest BCUT2D eigenvalue weighted by Gasteiger charge is 2.07. The maximum Gasteiger partial charge on any atom is 0.0556 e. The van der Waals surface area contributed by atoms with E-state index in [1.165, 1.54) is 6.42 Å². The predicted octanol–water partition coefficient (Wildman–Crippen LogP) is 1.00. The molecule has 0 unspecified atom stereocenters. The molecule has 0 aliphatic heterocycles. The Morgan fingerprint density at radius 2 is 2.00 bits per heavy atom. The molecule has 0 fully saturated rings. The van der Waals surface area contributed by atoms with Crippen LogP contribution in [0.15, 0.2) is 0 Å². The lowest BCUT2D eigenvalue weighted by atomic mass is 10.0. The van der Waals surface area contributed by atoms with Crippen LogP contribution in [0.1, 0.15) is 27.2 Å². The summed E-state index contributed by atoms with van der Waals surface area (Å²) in [4.78, 5) is 0. The van der Waals surface area contributed by atoms with Gasteiger partial charge in [-0.2, -0.15) is 0 Å². The Hall–Kier alpha value is -0.0800. The molecule has 0 aromatic rings. The molecule has 2 nitrogen and oxygen atoms in total. The number of aliphatic hydroxyl groups is 1. The minimum atomic E-state index is 0.237. The molecule has 0 heterocycles. The lowest BCUT2D eigenvalue weighted by Gasteiger charge is -2.18. The Bertz CT molecular complexity index is 75.7. The van der Waals surface area contributed by atoms with Crippen LogP contribution in [-0.2, 0) is 0 Å². The first kappa shape index (κ1) is 9.92. The average Bonchev–Trinajstić information content (AvgIpc) is 1.98. The molecule has 0 aromatic carbocycles. The zero-order valence-corrected chi connectivity index (χ0v) is 7.22. The smallest absolute Gasteiger partial charge is 0.0556 e. The van der Waals surface area contributed by atoms with E-state index < -0.39 is 0 Å². The molecular weight excluding hydrogens is 126 g/mol. The Balaban J connectivity index is 3.31. The van der Waals surface area contributed by atoms with Crippen LogP contribution in [0.3, 0.4) is 0 Å². The summed E-state index contributed by atoms with van der Waals surface area (Å²) in [5, 5.41) is 11.7. The first-order valence-electron chi connectivity index (χ1n) is 4.06. The maximum atomic E-state index is 8.51. The molecule has 10 heavy (non-hydrogen) atoms. The number of hydrogen-bond acceptors (Lipinski definition) is 2. The van der Waals surface area contributed by atoms with Gasteiger partial charge in [0.05, 0.1) is 6.61 Å². The van der Waals surface area contributed by atoms with Crippen molar-refractivity contribution in [3.63, 3.8) is 0 Å². The Kier molecular flexibility index (Phi) is 5.64. The number of aliphatic hydroxyl groups excluding tert-OH is 1. The molecule has 0 rings (SSSR count). The third-order valence-electron chi connectivity index (χ3n) is 2.08. The third-order valence-corrected chi connectivity index (χ3v) is 2.08. The summed E-state index contributed by atoms with van der Waals surface area (Å²) >= 11 is 0. The number of hydrogen-bond donors (Lipinski definition) is 2. The molecule has 0 amide bonds. The van der Waals surface area contributed by atoms with Crippen LogP contribution in [0.5, 0.6) is 0 Å². The lowest BCUT2D eigenvalue weighted by Crippen LogP contribution is -2.33. The minimum absolute atomic E-state index is 0.237. The fourth-order valence-corrected chi connectivity index (χ4v) is 0.847. The summed E-state index contributed by atoms with van der Waals surface area (Å²) in [6, 6.07) is 0.525. The molecule has 2 atom stereocenters. The third kappa shape index (κ3) is 3.85. The summed E-state index contributed by atoms with van der Waals surface area (Å²) in [6.07, 6.45) is 1.19. The van der Waals surface area contributed by atoms with E-state index in [1.807, 2.05) is 0 Å². The van der Waals surface area contributed by atoms with Gasteiger partial charge in [-0.15, -0.1) is 0 Å². The maximum absolute atomic E-state index is 8.51. The van der Waals surface area contributed by atoms with Gasteiger partial charge in [-0.05, 0) is 12.8 Å². The van der Waals surface area contributed by atoms with Crippen LogP contribution in [0.25, 0.3) is 0 Å². The zero-order chi connectivity index (χ0) is 7.98. The molecule has 2 heteroatoms. The molecular formula is C8H19NO. The van der Waals surface area contributed by atoms with Crippen LogP contribution in [0.2, 0.25) is 0 Å². The topological polar surface area (TPSA) is 32.3 Å². The van der Waals surface area contributed by atoms with E-state index in [4.69, 9.17) is 5.11 Å². The molecule has 0 radical (unpaired) electrons. The largest absolute Gasteiger partial charge is 0.395 e. The zero-order valence-electron chi connectivity index (χ0n) is 7.22. The molecule has 0 saturated carbocycles. The highest BCUT2D eigenvalue weighted by Crippen LogP contribution is 2.05. The fourth-order valence-electron chi connectivity index (χ4n) is 0.847. The van der Waals surface area contributed by atoms with Crippen molar-refractivity contribution in [1.82, 2.24) is 5.32 Å². The van der Waals surface area contributed by atoms with E-state index in [2.05, 4.69) is 26.1 Å². The van der Waals surface area contributed by atoms with Gasteiger partial charge >= 0.3 is 0 Å². The molecule has 62 valence electrons.